The molecule has 1 amide bonds. The number of methoxy groups -OCH3 is 1. The first-order valence-corrected chi connectivity index (χ1v) is 11.5. The molecule has 0 radical (unpaired) electrons. The number of carbonyl (C=O) groups excluding carboxylic acids is 2. The smallest absolute Gasteiger partial charge is 0.407 e. The van der Waals surface area contributed by atoms with Crippen LogP contribution in [-0.4, -0.2) is 62.9 Å². The Morgan fingerprint density at radius 2 is 1.81 bits per heavy atom. The third-order valence-corrected chi connectivity index (χ3v) is 5.86. The fourth-order valence-electron chi connectivity index (χ4n) is 3.25. The molecule has 1 aromatic heterocycles. The van der Waals surface area contributed by atoms with Crippen molar-refractivity contribution in [1.29, 1.82) is 0 Å². The Morgan fingerprint density at radius 3 is 2.44 bits per heavy atom. The van der Waals surface area contributed by atoms with Gasteiger partial charge >= 0.3 is 12.1 Å². The number of tetrazole rings is 1. The molecule has 2 N–H and O–H groups in total. The van der Waals surface area contributed by atoms with Crippen LogP contribution in [0.2, 0.25) is 10.0 Å². The van der Waals surface area contributed by atoms with Crippen LogP contribution in [0, 0.1) is 0 Å². The number of alkyl carbamates (subject to hydrolysis) is 1. The molecule has 0 spiro atoms. The largest absolute Gasteiger partial charge is 0.497 e. The topological polar surface area (TPSA) is 146 Å². The summed E-state index contributed by atoms with van der Waals surface area (Å²) in [5, 5.41) is 23.6. The van der Waals surface area contributed by atoms with Crippen LogP contribution >= 0.6 is 23.2 Å². The van der Waals surface area contributed by atoms with Crippen molar-refractivity contribution in [3.05, 3.63) is 69.5 Å². The Balaban J connectivity index is 1.59. The molecule has 190 valence electrons. The second-order valence-corrected chi connectivity index (χ2v) is 8.44. The lowest BCUT2D eigenvalue weighted by atomic mass is 10.1. The van der Waals surface area contributed by atoms with Crippen molar-refractivity contribution in [2.45, 2.75) is 31.8 Å². The Kier molecular flexibility index (Phi) is 9.60. The van der Waals surface area contributed by atoms with Gasteiger partial charge in [0, 0.05) is 22.9 Å². The molecule has 0 aliphatic heterocycles. The van der Waals surface area contributed by atoms with Crippen LogP contribution in [0.25, 0.3) is 0 Å². The molecule has 36 heavy (non-hydrogen) atoms. The molecular weight excluding hydrogens is 513 g/mol. The van der Waals surface area contributed by atoms with Crippen molar-refractivity contribution in [2.75, 3.05) is 13.7 Å². The number of carboxylic acid groups (broad SMARTS) is 1. The van der Waals surface area contributed by atoms with E-state index >= 15 is 0 Å². The van der Waals surface area contributed by atoms with Crippen LogP contribution in [0.15, 0.2) is 42.5 Å². The summed E-state index contributed by atoms with van der Waals surface area (Å²) in [5.74, 6) is -0.905. The van der Waals surface area contributed by atoms with E-state index in [0.717, 1.165) is 5.56 Å². The summed E-state index contributed by atoms with van der Waals surface area (Å²) in [6.45, 7) is -0.351. The molecule has 1 atom stereocenters. The molecule has 0 bridgehead atoms. The third-order valence-electron chi connectivity index (χ3n) is 5.15. The van der Waals surface area contributed by atoms with Crippen LogP contribution < -0.4 is 10.1 Å². The normalized spacial score (nSPS) is 11.5. The minimum absolute atomic E-state index is 0.0296. The summed E-state index contributed by atoms with van der Waals surface area (Å²) in [5.41, 5.74) is 1.48. The molecule has 2 aromatic carbocycles. The highest BCUT2D eigenvalue weighted by atomic mass is 35.5. The van der Waals surface area contributed by atoms with Gasteiger partial charge in [-0.1, -0.05) is 41.4 Å². The number of nitrogens with one attached hydrogen (secondary N) is 1. The number of carboxylic acids is 1. The van der Waals surface area contributed by atoms with Crippen LogP contribution in [0.4, 0.5) is 4.79 Å². The average molecular weight is 536 g/mol. The lowest BCUT2D eigenvalue weighted by Crippen LogP contribution is -2.44. The molecule has 0 saturated heterocycles. The highest BCUT2D eigenvalue weighted by molar-refractivity contribution is 6.36. The number of carbonyl (C=O) groups is 3. The van der Waals surface area contributed by atoms with Crippen LogP contribution in [0.5, 0.6) is 5.75 Å². The third kappa shape index (κ3) is 7.65. The van der Waals surface area contributed by atoms with Gasteiger partial charge in [0.1, 0.15) is 18.3 Å². The van der Waals surface area contributed by atoms with Crippen molar-refractivity contribution in [3.63, 3.8) is 0 Å². The van der Waals surface area contributed by atoms with Crippen LogP contribution in [0.1, 0.15) is 23.4 Å². The number of hydrogen-bond donors (Lipinski definition) is 2. The second-order valence-electron chi connectivity index (χ2n) is 7.62. The Morgan fingerprint density at radius 1 is 1.11 bits per heavy atom. The van der Waals surface area contributed by atoms with Gasteiger partial charge in [-0.15, -0.1) is 5.10 Å². The number of hydrogen-bond acceptors (Lipinski definition) is 8. The number of ketones is 1. The molecule has 3 aromatic rings. The maximum absolute atomic E-state index is 12.9. The minimum atomic E-state index is -1.35. The molecule has 11 nitrogen and oxygen atoms in total. The molecule has 0 fully saturated rings. The van der Waals surface area contributed by atoms with E-state index in [-0.39, 0.29) is 25.4 Å². The summed E-state index contributed by atoms with van der Waals surface area (Å²) in [6, 6.07) is 10.9. The SMILES string of the molecule is COc1ccc(CCOC(=O)NC(CC(=O)O)C(=O)Cn2nnnc2Cc2c(Cl)cccc2Cl)cc1. The maximum Gasteiger partial charge on any atom is 0.407 e. The zero-order valence-corrected chi connectivity index (χ0v) is 20.7. The van der Waals surface area contributed by atoms with Crippen LogP contribution in [-0.2, 0) is 33.7 Å². The molecule has 0 aliphatic rings. The van der Waals surface area contributed by atoms with Crippen molar-refractivity contribution in [1.82, 2.24) is 25.5 Å². The van der Waals surface area contributed by atoms with E-state index in [1.54, 1.807) is 37.4 Å². The molecule has 13 heteroatoms. The molecule has 0 aliphatic carbocycles. The standard InChI is InChI=1S/C23H23Cl2N5O6/c1-35-15-7-5-14(6-8-15)9-10-36-23(34)26-19(12-22(32)33)20(31)13-30-21(27-28-29-30)11-16-17(24)3-2-4-18(16)25/h2-8,19H,9-13H2,1H3,(H,26,34)(H,32,33). The number of benzene rings is 2. The molecular formula is C23H23Cl2N5O6. The van der Waals surface area contributed by atoms with Crippen molar-refractivity contribution >= 4 is 41.0 Å². The minimum Gasteiger partial charge on any atom is -0.497 e. The average Bonchev–Trinajstić information content (AvgIpc) is 3.27. The monoisotopic (exact) mass is 535 g/mol. The molecule has 0 saturated carbocycles. The Bertz CT molecular complexity index is 1200. The van der Waals surface area contributed by atoms with Gasteiger partial charge < -0.3 is 19.9 Å². The fraction of sp³-hybridized carbons (Fsp3) is 0.304. The number of ether oxygens (including phenoxy) is 2. The van der Waals surface area contributed by atoms with E-state index in [1.807, 2.05) is 12.1 Å². The van der Waals surface area contributed by atoms with Crippen molar-refractivity contribution < 1.29 is 29.0 Å². The van der Waals surface area contributed by atoms with Gasteiger partial charge in [0.25, 0.3) is 0 Å². The van der Waals surface area contributed by atoms with E-state index in [0.29, 0.717) is 27.8 Å². The van der Waals surface area contributed by atoms with E-state index in [9.17, 15) is 19.5 Å². The number of halogens is 2. The first-order valence-electron chi connectivity index (χ1n) is 10.8. The number of aromatic nitrogens is 4. The zero-order valence-electron chi connectivity index (χ0n) is 19.2. The van der Waals surface area contributed by atoms with E-state index in [1.165, 1.54) is 4.68 Å². The van der Waals surface area contributed by atoms with Gasteiger partial charge in [-0.25, -0.2) is 9.48 Å². The van der Waals surface area contributed by atoms with Crippen molar-refractivity contribution in [2.24, 2.45) is 0 Å². The number of aliphatic carboxylic acids is 1. The summed E-state index contributed by atoms with van der Waals surface area (Å²) in [7, 11) is 1.56. The fourth-order valence-corrected chi connectivity index (χ4v) is 3.78. The lowest BCUT2D eigenvalue weighted by Gasteiger charge is -2.16. The maximum atomic E-state index is 12.9. The highest BCUT2D eigenvalue weighted by Crippen LogP contribution is 2.26. The number of Topliss-reactive ketones (excluding diaryl/α,β-unsaturated/α-hetero) is 1. The quantitative estimate of drug-likeness (QED) is 0.357. The Hall–Kier alpha value is -3.70. The van der Waals surface area contributed by atoms with Gasteiger partial charge in [0.2, 0.25) is 0 Å². The number of amides is 1. The predicted molar refractivity (Wildman–Crippen MR) is 129 cm³/mol. The highest BCUT2D eigenvalue weighted by Gasteiger charge is 2.26. The lowest BCUT2D eigenvalue weighted by molar-refractivity contribution is -0.139. The zero-order chi connectivity index (χ0) is 26.1. The van der Waals surface area contributed by atoms with E-state index in [2.05, 4.69) is 20.8 Å². The van der Waals surface area contributed by atoms with Crippen LogP contribution in [0.3, 0.4) is 0 Å². The predicted octanol–water partition coefficient (Wildman–Crippen LogP) is 2.96. The van der Waals surface area contributed by atoms with Crippen molar-refractivity contribution in [3.8, 4) is 5.75 Å². The molecule has 3 rings (SSSR count). The summed E-state index contributed by atoms with van der Waals surface area (Å²) < 4.78 is 11.4. The molecule has 1 unspecified atom stereocenters. The van der Waals surface area contributed by atoms with Gasteiger partial charge in [-0.05, 0) is 45.8 Å². The second kappa shape index (κ2) is 12.8. The van der Waals surface area contributed by atoms with E-state index in [4.69, 9.17) is 32.7 Å². The van der Waals surface area contributed by atoms with Gasteiger partial charge in [0.15, 0.2) is 11.6 Å². The number of rotatable bonds is 12. The summed E-state index contributed by atoms with van der Waals surface area (Å²) in [6.07, 6.45) is -0.986. The summed E-state index contributed by atoms with van der Waals surface area (Å²) in [4.78, 5) is 36.4. The summed E-state index contributed by atoms with van der Waals surface area (Å²) >= 11 is 12.4. The number of nitrogens with zero attached hydrogens (tertiary/aromatic N) is 4. The first kappa shape index (κ1) is 26.9. The first-order chi connectivity index (χ1) is 17.3. The van der Waals surface area contributed by atoms with Gasteiger partial charge in [0.05, 0.1) is 20.1 Å². The molecule has 1 heterocycles. The van der Waals surface area contributed by atoms with Gasteiger partial charge in [-0.3, -0.25) is 9.59 Å². The van der Waals surface area contributed by atoms with Gasteiger partial charge in [-0.2, -0.15) is 0 Å². The van der Waals surface area contributed by atoms with E-state index < -0.39 is 30.3 Å². The Labute approximate surface area is 216 Å².